The number of thioether (sulfide) groups is 1. The lowest BCUT2D eigenvalue weighted by Crippen LogP contribution is -2.16. The van der Waals surface area contributed by atoms with E-state index in [1.165, 1.54) is 12.8 Å². The van der Waals surface area contributed by atoms with Gasteiger partial charge in [0.1, 0.15) is 0 Å². The van der Waals surface area contributed by atoms with Gasteiger partial charge in [-0.1, -0.05) is 23.2 Å². The number of nitrogens with zero attached hydrogens (tertiary/aromatic N) is 2. The highest BCUT2D eigenvalue weighted by atomic mass is 35.5. The van der Waals surface area contributed by atoms with Gasteiger partial charge in [-0.15, -0.1) is 10.2 Å². The summed E-state index contributed by atoms with van der Waals surface area (Å²) in [6.45, 7) is 0. The van der Waals surface area contributed by atoms with Crippen molar-refractivity contribution >= 4 is 40.7 Å². The lowest BCUT2D eigenvalue weighted by Gasteiger charge is -2.14. The molecule has 16 heavy (non-hydrogen) atoms. The molecule has 1 N–H and O–H groups in total. The molecule has 3 nitrogen and oxygen atoms in total. The molecule has 1 heterocycles. The van der Waals surface area contributed by atoms with Crippen molar-refractivity contribution in [2.75, 3.05) is 11.6 Å². The summed E-state index contributed by atoms with van der Waals surface area (Å²) < 4.78 is 0. The van der Waals surface area contributed by atoms with Crippen LogP contribution in [-0.2, 0) is 0 Å². The molecular weight excluding hydrogens is 265 g/mol. The number of aromatic nitrogens is 2. The maximum atomic E-state index is 5.94. The van der Waals surface area contributed by atoms with Crippen molar-refractivity contribution in [1.29, 1.82) is 0 Å². The average molecular weight is 278 g/mol. The lowest BCUT2D eigenvalue weighted by molar-refractivity contribution is 0.755. The Labute approximate surface area is 109 Å². The first-order valence-corrected chi connectivity index (χ1v) is 7.21. The molecular formula is C10H13Cl2N3S. The Morgan fingerprint density at radius 1 is 1.38 bits per heavy atom. The third-order valence-electron chi connectivity index (χ3n) is 2.80. The molecule has 0 radical (unpaired) electrons. The standard InChI is InChI=1S/C10H13Cl2N3S/c1-16-7-3-2-6(4-7)13-8-5-9(11)14-15-10(8)12/h5-7H,2-4H2,1H3,(H,13,14). The van der Waals surface area contributed by atoms with E-state index in [0.29, 0.717) is 16.3 Å². The molecule has 6 heteroatoms. The minimum absolute atomic E-state index is 0.367. The number of nitrogens with one attached hydrogen (secondary N) is 1. The van der Waals surface area contributed by atoms with Gasteiger partial charge in [0.05, 0.1) is 5.69 Å². The average Bonchev–Trinajstić information content (AvgIpc) is 2.71. The summed E-state index contributed by atoms with van der Waals surface area (Å²) in [5, 5.41) is 12.3. The topological polar surface area (TPSA) is 37.8 Å². The third kappa shape index (κ3) is 2.93. The molecule has 0 saturated heterocycles. The van der Waals surface area contributed by atoms with Gasteiger partial charge < -0.3 is 5.32 Å². The first-order chi connectivity index (χ1) is 7.69. The predicted octanol–water partition coefficient (Wildman–Crippen LogP) is 3.48. The van der Waals surface area contributed by atoms with Crippen LogP contribution in [0, 0.1) is 0 Å². The van der Waals surface area contributed by atoms with Gasteiger partial charge in [-0.25, -0.2) is 0 Å². The Balaban J connectivity index is 2.01. The molecule has 1 aliphatic rings. The van der Waals surface area contributed by atoms with Crippen molar-refractivity contribution in [2.45, 2.75) is 30.6 Å². The van der Waals surface area contributed by atoms with Crippen LogP contribution in [0.3, 0.4) is 0 Å². The fourth-order valence-corrected chi connectivity index (χ4v) is 3.05. The molecule has 0 bridgehead atoms. The Bertz CT molecular complexity index is 375. The fraction of sp³-hybridized carbons (Fsp3) is 0.600. The maximum Gasteiger partial charge on any atom is 0.174 e. The van der Waals surface area contributed by atoms with Crippen molar-refractivity contribution in [3.8, 4) is 0 Å². The van der Waals surface area contributed by atoms with Crippen LogP contribution in [-0.4, -0.2) is 27.7 Å². The summed E-state index contributed by atoms with van der Waals surface area (Å²) in [6, 6.07) is 2.19. The second-order valence-electron chi connectivity index (χ2n) is 3.88. The number of halogens is 2. The smallest absolute Gasteiger partial charge is 0.174 e. The van der Waals surface area contributed by atoms with E-state index in [1.807, 2.05) is 11.8 Å². The van der Waals surface area contributed by atoms with Crippen LogP contribution in [0.5, 0.6) is 0 Å². The van der Waals surface area contributed by atoms with Gasteiger partial charge in [0.2, 0.25) is 0 Å². The Morgan fingerprint density at radius 2 is 2.19 bits per heavy atom. The van der Waals surface area contributed by atoms with Crippen LogP contribution >= 0.6 is 35.0 Å². The van der Waals surface area contributed by atoms with E-state index in [0.717, 1.165) is 17.4 Å². The van der Waals surface area contributed by atoms with E-state index in [-0.39, 0.29) is 0 Å². The van der Waals surface area contributed by atoms with E-state index in [2.05, 4.69) is 21.8 Å². The minimum Gasteiger partial charge on any atom is -0.380 e. The molecule has 2 rings (SSSR count). The zero-order chi connectivity index (χ0) is 11.5. The van der Waals surface area contributed by atoms with Crippen molar-refractivity contribution in [3.63, 3.8) is 0 Å². The van der Waals surface area contributed by atoms with Gasteiger partial charge >= 0.3 is 0 Å². The van der Waals surface area contributed by atoms with Crippen LogP contribution in [0.15, 0.2) is 6.07 Å². The van der Waals surface area contributed by atoms with Gasteiger partial charge in [-0.05, 0) is 25.5 Å². The normalized spacial score (nSPS) is 24.7. The molecule has 0 amide bonds. The Kier molecular flexibility index (Phi) is 4.16. The second kappa shape index (κ2) is 5.43. The molecule has 0 aromatic carbocycles. The number of rotatable bonds is 3. The minimum atomic E-state index is 0.367. The molecule has 1 aliphatic carbocycles. The van der Waals surface area contributed by atoms with Gasteiger partial charge in [-0.3, -0.25) is 0 Å². The largest absolute Gasteiger partial charge is 0.380 e. The summed E-state index contributed by atoms with van der Waals surface area (Å²) in [4.78, 5) is 0. The van der Waals surface area contributed by atoms with Crippen LogP contribution < -0.4 is 5.32 Å². The second-order valence-corrected chi connectivity index (χ2v) is 5.77. The quantitative estimate of drug-likeness (QED) is 0.918. The maximum absolute atomic E-state index is 5.94. The highest BCUT2D eigenvalue weighted by molar-refractivity contribution is 7.99. The number of anilines is 1. The zero-order valence-corrected chi connectivity index (χ0v) is 11.2. The summed E-state index contributed by atoms with van der Waals surface area (Å²) in [6.07, 6.45) is 5.74. The fourth-order valence-electron chi connectivity index (χ4n) is 1.96. The van der Waals surface area contributed by atoms with Crippen molar-refractivity contribution < 1.29 is 0 Å². The summed E-state index contributed by atoms with van der Waals surface area (Å²) in [5.74, 6) is 0. The molecule has 1 aromatic heterocycles. The molecule has 88 valence electrons. The van der Waals surface area contributed by atoms with Gasteiger partial charge in [0.25, 0.3) is 0 Å². The predicted molar refractivity (Wildman–Crippen MR) is 70.6 cm³/mol. The summed E-state index contributed by atoms with van der Waals surface area (Å²) in [5.41, 5.74) is 0.786. The van der Waals surface area contributed by atoms with Crippen molar-refractivity contribution in [2.24, 2.45) is 0 Å². The lowest BCUT2D eigenvalue weighted by atomic mass is 10.2. The Morgan fingerprint density at radius 3 is 2.88 bits per heavy atom. The zero-order valence-electron chi connectivity index (χ0n) is 8.91. The first-order valence-electron chi connectivity index (χ1n) is 5.17. The molecule has 1 fully saturated rings. The SMILES string of the molecule is CSC1CCC(Nc2cc(Cl)nnc2Cl)C1. The van der Waals surface area contributed by atoms with E-state index < -0.39 is 0 Å². The van der Waals surface area contributed by atoms with E-state index in [9.17, 15) is 0 Å². The Hall–Kier alpha value is -0.190. The van der Waals surface area contributed by atoms with Gasteiger partial charge in [0, 0.05) is 17.4 Å². The summed E-state index contributed by atoms with van der Waals surface area (Å²) in [7, 11) is 0. The van der Waals surface area contributed by atoms with E-state index in [4.69, 9.17) is 23.2 Å². The van der Waals surface area contributed by atoms with E-state index >= 15 is 0 Å². The van der Waals surface area contributed by atoms with Crippen molar-refractivity contribution in [3.05, 3.63) is 16.4 Å². The molecule has 2 atom stereocenters. The van der Waals surface area contributed by atoms with Crippen LogP contribution in [0.1, 0.15) is 19.3 Å². The third-order valence-corrected chi connectivity index (χ3v) is 4.36. The van der Waals surface area contributed by atoms with Crippen molar-refractivity contribution in [1.82, 2.24) is 10.2 Å². The molecule has 1 saturated carbocycles. The summed E-state index contributed by atoms with van der Waals surface area (Å²) >= 11 is 13.7. The highest BCUT2D eigenvalue weighted by Crippen LogP contribution is 2.31. The monoisotopic (exact) mass is 277 g/mol. The molecule has 0 aliphatic heterocycles. The highest BCUT2D eigenvalue weighted by Gasteiger charge is 2.24. The first kappa shape index (κ1) is 12.3. The number of hydrogen-bond acceptors (Lipinski definition) is 4. The van der Waals surface area contributed by atoms with Crippen LogP contribution in [0.25, 0.3) is 0 Å². The van der Waals surface area contributed by atoms with Crippen LogP contribution in [0.2, 0.25) is 10.3 Å². The van der Waals surface area contributed by atoms with Gasteiger partial charge in [0.15, 0.2) is 10.3 Å². The number of hydrogen-bond donors (Lipinski definition) is 1. The molecule has 1 aromatic rings. The molecule has 0 spiro atoms. The molecule has 2 unspecified atom stereocenters. The van der Waals surface area contributed by atoms with Crippen LogP contribution in [0.4, 0.5) is 5.69 Å². The van der Waals surface area contributed by atoms with Gasteiger partial charge in [-0.2, -0.15) is 11.8 Å². The van der Waals surface area contributed by atoms with E-state index in [1.54, 1.807) is 6.07 Å².